The fraction of sp³-hybridized carbons (Fsp3) is 0.138. The van der Waals surface area contributed by atoms with E-state index in [1.165, 1.54) is 4.68 Å². The molecular weight excluding hydrogens is 534 g/mol. The molecule has 0 N–H and O–H groups in total. The van der Waals surface area contributed by atoms with Crippen molar-refractivity contribution in [2.24, 2.45) is 5.10 Å². The molecule has 0 spiro atoms. The summed E-state index contributed by atoms with van der Waals surface area (Å²) in [5.74, 6) is 1.98. The highest BCUT2D eigenvalue weighted by atomic mass is 79.9. The summed E-state index contributed by atoms with van der Waals surface area (Å²) in [7, 11) is 1.61. The van der Waals surface area contributed by atoms with E-state index in [4.69, 9.17) is 18.9 Å². The molecule has 2 aromatic heterocycles. The predicted octanol–water partition coefficient (Wildman–Crippen LogP) is 6.59. The summed E-state index contributed by atoms with van der Waals surface area (Å²) in [4.78, 5) is 18.3. The zero-order valence-corrected chi connectivity index (χ0v) is 22.0. The van der Waals surface area contributed by atoms with Gasteiger partial charge in [-0.05, 0) is 67.4 Å². The van der Waals surface area contributed by atoms with Gasteiger partial charge in [-0.2, -0.15) is 9.78 Å². The lowest BCUT2D eigenvalue weighted by Crippen LogP contribution is -2.20. The van der Waals surface area contributed by atoms with E-state index in [0.717, 1.165) is 21.0 Å². The molecule has 0 amide bonds. The Labute approximate surface area is 221 Å². The minimum Gasteiger partial charge on any atom is -0.493 e. The zero-order valence-electron chi connectivity index (χ0n) is 20.4. The molecular formula is C29H24BrN3O4. The van der Waals surface area contributed by atoms with Gasteiger partial charge in [0.25, 0.3) is 5.56 Å². The Kier molecular flexibility index (Phi) is 6.92. The quantitative estimate of drug-likeness (QED) is 0.159. The Morgan fingerprint density at radius 2 is 2.00 bits per heavy atom. The minimum atomic E-state index is -0.302. The van der Waals surface area contributed by atoms with Gasteiger partial charge in [0.2, 0.25) is 5.82 Å². The summed E-state index contributed by atoms with van der Waals surface area (Å²) >= 11 is 3.49. The first kappa shape index (κ1) is 24.5. The highest BCUT2D eigenvalue weighted by Crippen LogP contribution is 2.33. The number of fused-ring (bicyclic) bond motifs is 2. The van der Waals surface area contributed by atoms with Gasteiger partial charge in [-0.25, -0.2) is 4.98 Å². The molecule has 8 heteroatoms. The molecule has 0 fully saturated rings. The first-order valence-corrected chi connectivity index (χ1v) is 12.5. The van der Waals surface area contributed by atoms with Crippen LogP contribution in [0.15, 0.2) is 92.1 Å². The van der Waals surface area contributed by atoms with Crippen molar-refractivity contribution in [1.29, 1.82) is 0 Å². The number of allylic oxidation sites excluding steroid dienone is 1. The van der Waals surface area contributed by atoms with Crippen molar-refractivity contribution in [3.05, 3.63) is 99.3 Å². The standard InChI is InChI=1S/C29H24BrN3O4/c1-4-8-19-13-18(14-25(36-5-2)27(19)35-3)17-31-33-28(32-23-10-7-6-9-22(23)29(33)34)26-16-20-15-21(30)11-12-24(20)37-26/h4,6-7,9-17H,1,5,8H2,2-3H3. The molecule has 0 unspecified atom stereocenters. The third-order valence-electron chi connectivity index (χ3n) is 5.80. The maximum Gasteiger partial charge on any atom is 0.282 e. The van der Waals surface area contributed by atoms with E-state index < -0.39 is 0 Å². The van der Waals surface area contributed by atoms with Crippen molar-refractivity contribution in [2.75, 3.05) is 13.7 Å². The fourth-order valence-electron chi connectivity index (χ4n) is 4.20. The van der Waals surface area contributed by atoms with E-state index in [1.54, 1.807) is 37.6 Å². The van der Waals surface area contributed by atoms with E-state index in [0.29, 0.717) is 52.6 Å². The van der Waals surface area contributed by atoms with Crippen molar-refractivity contribution in [3.63, 3.8) is 0 Å². The summed E-state index contributed by atoms with van der Waals surface area (Å²) in [6, 6.07) is 18.5. The SMILES string of the molecule is C=CCc1cc(C=Nn2c(-c3cc4cc(Br)ccc4o3)nc3ccccc3c2=O)cc(OCC)c1OC. The van der Waals surface area contributed by atoms with Crippen molar-refractivity contribution in [2.45, 2.75) is 13.3 Å². The van der Waals surface area contributed by atoms with Crippen LogP contribution >= 0.6 is 15.9 Å². The number of hydrogen-bond donors (Lipinski definition) is 0. The van der Waals surface area contributed by atoms with Crippen LogP contribution in [0.4, 0.5) is 0 Å². The van der Waals surface area contributed by atoms with Gasteiger partial charge in [0.15, 0.2) is 17.3 Å². The molecule has 0 saturated carbocycles. The summed E-state index contributed by atoms with van der Waals surface area (Å²) in [5.41, 5.74) is 2.58. The number of aromatic nitrogens is 2. The zero-order chi connectivity index (χ0) is 25.9. The number of benzene rings is 3. The molecule has 186 valence electrons. The van der Waals surface area contributed by atoms with Crippen LogP contribution in [-0.2, 0) is 6.42 Å². The average molecular weight is 558 g/mol. The molecule has 0 atom stereocenters. The van der Waals surface area contributed by atoms with Crippen molar-refractivity contribution in [3.8, 4) is 23.1 Å². The van der Waals surface area contributed by atoms with Crippen molar-refractivity contribution >= 4 is 44.0 Å². The van der Waals surface area contributed by atoms with E-state index in [9.17, 15) is 4.79 Å². The number of furan rings is 1. The largest absolute Gasteiger partial charge is 0.493 e. The van der Waals surface area contributed by atoms with Crippen LogP contribution in [0.5, 0.6) is 11.5 Å². The van der Waals surface area contributed by atoms with Crippen LogP contribution in [0.3, 0.4) is 0 Å². The second-order valence-electron chi connectivity index (χ2n) is 8.24. The lowest BCUT2D eigenvalue weighted by atomic mass is 10.1. The van der Waals surface area contributed by atoms with Gasteiger partial charge in [0.05, 0.1) is 30.8 Å². The van der Waals surface area contributed by atoms with E-state index >= 15 is 0 Å². The normalized spacial score (nSPS) is 11.4. The van der Waals surface area contributed by atoms with Gasteiger partial charge in [-0.1, -0.05) is 34.1 Å². The topological polar surface area (TPSA) is 78.9 Å². The molecule has 2 heterocycles. The van der Waals surface area contributed by atoms with E-state index in [2.05, 4.69) is 27.6 Å². The molecule has 37 heavy (non-hydrogen) atoms. The van der Waals surface area contributed by atoms with Gasteiger partial charge in [0.1, 0.15) is 5.58 Å². The molecule has 5 rings (SSSR count). The Bertz CT molecular complexity index is 1720. The molecule has 3 aromatic carbocycles. The van der Waals surface area contributed by atoms with Gasteiger partial charge in [-0.15, -0.1) is 6.58 Å². The second-order valence-corrected chi connectivity index (χ2v) is 9.16. The molecule has 0 bridgehead atoms. The summed E-state index contributed by atoms with van der Waals surface area (Å²) < 4.78 is 19.7. The first-order valence-electron chi connectivity index (χ1n) is 11.7. The van der Waals surface area contributed by atoms with Crippen LogP contribution in [0, 0.1) is 0 Å². The van der Waals surface area contributed by atoms with E-state index in [-0.39, 0.29) is 5.56 Å². The molecule has 7 nitrogen and oxygen atoms in total. The monoisotopic (exact) mass is 557 g/mol. The number of halogens is 1. The Hall–Kier alpha value is -4.17. The molecule has 0 saturated heterocycles. The van der Waals surface area contributed by atoms with Crippen molar-refractivity contribution in [1.82, 2.24) is 9.66 Å². The Morgan fingerprint density at radius 3 is 2.78 bits per heavy atom. The lowest BCUT2D eigenvalue weighted by Gasteiger charge is -2.14. The van der Waals surface area contributed by atoms with Crippen molar-refractivity contribution < 1.29 is 13.9 Å². The third-order valence-corrected chi connectivity index (χ3v) is 6.29. The fourth-order valence-corrected chi connectivity index (χ4v) is 4.58. The molecule has 0 aliphatic heterocycles. The molecule has 0 radical (unpaired) electrons. The highest BCUT2D eigenvalue weighted by Gasteiger charge is 2.17. The molecule has 5 aromatic rings. The van der Waals surface area contributed by atoms with Gasteiger partial charge in [-0.3, -0.25) is 4.79 Å². The first-order chi connectivity index (χ1) is 18.0. The van der Waals surface area contributed by atoms with Gasteiger partial charge >= 0.3 is 0 Å². The summed E-state index contributed by atoms with van der Waals surface area (Å²) in [6.07, 6.45) is 3.99. The number of rotatable bonds is 8. The minimum absolute atomic E-state index is 0.302. The van der Waals surface area contributed by atoms with Gasteiger partial charge in [0, 0.05) is 15.4 Å². The highest BCUT2D eigenvalue weighted by molar-refractivity contribution is 9.10. The smallest absolute Gasteiger partial charge is 0.282 e. The van der Waals surface area contributed by atoms with Crippen LogP contribution < -0.4 is 15.0 Å². The van der Waals surface area contributed by atoms with Crippen LogP contribution in [0.2, 0.25) is 0 Å². The average Bonchev–Trinajstić information content (AvgIpc) is 3.31. The Balaban J connectivity index is 1.69. The number of para-hydroxylation sites is 1. The maximum atomic E-state index is 13.6. The van der Waals surface area contributed by atoms with Crippen LogP contribution in [0.25, 0.3) is 33.5 Å². The lowest BCUT2D eigenvalue weighted by molar-refractivity contribution is 0.309. The summed E-state index contributed by atoms with van der Waals surface area (Å²) in [5, 5.41) is 5.91. The number of ether oxygens (including phenoxy) is 2. The van der Waals surface area contributed by atoms with Crippen LogP contribution in [-0.4, -0.2) is 29.6 Å². The molecule has 0 aliphatic rings. The predicted molar refractivity (Wildman–Crippen MR) is 150 cm³/mol. The number of nitrogens with zero attached hydrogens (tertiary/aromatic N) is 3. The number of methoxy groups -OCH3 is 1. The van der Waals surface area contributed by atoms with Gasteiger partial charge < -0.3 is 13.9 Å². The Morgan fingerprint density at radius 1 is 1.16 bits per heavy atom. The van der Waals surface area contributed by atoms with E-state index in [1.807, 2.05) is 49.4 Å². The maximum absolute atomic E-state index is 13.6. The number of hydrogen-bond acceptors (Lipinski definition) is 6. The summed E-state index contributed by atoms with van der Waals surface area (Å²) in [6.45, 7) is 6.23. The second kappa shape index (κ2) is 10.4. The van der Waals surface area contributed by atoms with Crippen LogP contribution in [0.1, 0.15) is 18.1 Å². The molecule has 0 aliphatic carbocycles. The third kappa shape index (κ3) is 4.80.